The molecule has 4 aromatic rings. The molecule has 0 saturated carbocycles. The molecule has 2 heterocycles. The molecule has 0 aliphatic heterocycles. The van der Waals surface area contributed by atoms with Crippen molar-refractivity contribution in [3.63, 3.8) is 0 Å². The summed E-state index contributed by atoms with van der Waals surface area (Å²) in [5, 5.41) is 11.9. The SMILES string of the molecule is Cc1c(O)n(-c2ccc(SC(F)(F)F)cc2)c(=O)n1Cc1ccnc2cc(Cl)ccc12. The van der Waals surface area contributed by atoms with E-state index in [4.69, 9.17) is 11.6 Å². The number of rotatable bonds is 4. The minimum atomic E-state index is -4.40. The molecule has 10 heteroatoms. The first kappa shape index (κ1) is 21.3. The van der Waals surface area contributed by atoms with Crippen molar-refractivity contribution in [3.05, 3.63) is 81.5 Å². The van der Waals surface area contributed by atoms with Crippen molar-refractivity contribution < 1.29 is 18.3 Å². The predicted octanol–water partition coefficient (Wildman–Crippen LogP) is 5.51. The van der Waals surface area contributed by atoms with Crippen LogP contribution in [0.5, 0.6) is 5.88 Å². The molecular weight excluding hydrogens is 451 g/mol. The molecule has 0 aliphatic carbocycles. The van der Waals surface area contributed by atoms with Crippen LogP contribution in [-0.4, -0.2) is 24.7 Å². The molecule has 1 N–H and O–H groups in total. The van der Waals surface area contributed by atoms with Gasteiger partial charge in [-0.25, -0.2) is 9.36 Å². The zero-order valence-electron chi connectivity index (χ0n) is 16.0. The number of thioether (sulfide) groups is 1. The van der Waals surface area contributed by atoms with Crippen molar-refractivity contribution in [2.24, 2.45) is 0 Å². The molecule has 0 atom stereocenters. The number of pyridine rings is 1. The van der Waals surface area contributed by atoms with Crippen LogP contribution < -0.4 is 5.69 Å². The Kier molecular flexibility index (Phi) is 5.49. The Morgan fingerprint density at radius 3 is 2.52 bits per heavy atom. The quantitative estimate of drug-likeness (QED) is 0.403. The van der Waals surface area contributed by atoms with Gasteiger partial charge in [-0.2, -0.15) is 13.2 Å². The molecule has 2 aromatic heterocycles. The summed E-state index contributed by atoms with van der Waals surface area (Å²) >= 11 is 5.78. The van der Waals surface area contributed by atoms with Gasteiger partial charge in [-0.15, -0.1) is 0 Å². The molecule has 0 amide bonds. The second-order valence-electron chi connectivity index (χ2n) is 6.79. The van der Waals surface area contributed by atoms with Gasteiger partial charge in [0.25, 0.3) is 0 Å². The highest BCUT2D eigenvalue weighted by atomic mass is 35.5. The molecular formula is C21H15ClF3N3O2S. The number of fused-ring (bicyclic) bond motifs is 1. The first-order valence-corrected chi connectivity index (χ1v) is 10.2. The van der Waals surface area contributed by atoms with Crippen LogP contribution in [0.15, 0.2) is 64.4 Å². The van der Waals surface area contributed by atoms with E-state index >= 15 is 0 Å². The van der Waals surface area contributed by atoms with Crippen LogP contribution in [0.4, 0.5) is 13.2 Å². The lowest BCUT2D eigenvalue weighted by Crippen LogP contribution is -2.24. The molecule has 0 unspecified atom stereocenters. The molecule has 2 aromatic carbocycles. The average molecular weight is 466 g/mol. The standard InChI is InChI=1S/C21H15ClF3N3O2S/c1-12-19(29)28(15-3-5-16(6-4-15)31-21(23,24)25)20(30)27(12)11-13-8-9-26-18-10-14(22)2-7-17(13)18/h2-10,29H,11H2,1H3. The van der Waals surface area contributed by atoms with Gasteiger partial charge in [0.15, 0.2) is 0 Å². The first-order valence-electron chi connectivity index (χ1n) is 9.04. The second kappa shape index (κ2) is 7.97. The molecule has 0 bridgehead atoms. The lowest BCUT2D eigenvalue weighted by atomic mass is 10.1. The summed E-state index contributed by atoms with van der Waals surface area (Å²) in [7, 11) is 0. The van der Waals surface area contributed by atoms with Crippen LogP contribution in [0.3, 0.4) is 0 Å². The van der Waals surface area contributed by atoms with Crippen LogP contribution in [0.25, 0.3) is 16.6 Å². The maximum Gasteiger partial charge on any atom is 0.446 e. The highest BCUT2D eigenvalue weighted by molar-refractivity contribution is 8.00. The Hall–Kier alpha value is -2.91. The fourth-order valence-corrected chi connectivity index (χ4v) is 4.05. The van der Waals surface area contributed by atoms with Gasteiger partial charge in [-0.05, 0) is 66.7 Å². The molecule has 0 aliphatic rings. The predicted molar refractivity (Wildman–Crippen MR) is 114 cm³/mol. The van der Waals surface area contributed by atoms with E-state index in [1.807, 2.05) is 6.07 Å². The van der Waals surface area contributed by atoms with Gasteiger partial charge in [-0.1, -0.05) is 17.7 Å². The highest BCUT2D eigenvalue weighted by Crippen LogP contribution is 2.37. The Morgan fingerprint density at radius 2 is 1.84 bits per heavy atom. The topological polar surface area (TPSA) is 60.1 Å². The third-order valence-corrected chi connectivity index (χ3v) is 5.79. The largest absolute Gasteiger partial charge is 0.493 e. The van der Waals surface area contributed by atoms with Crippen LogP contribution >= 0.6 is 23.4 Å². The smallest absolute Gasteiger partial charge is 0.446 e. The highest BCUT2D eigenvalue weighted by Gasteiger charge is 2.29. The second-order valence-corrected chi connectivity index (χ2v) is 8.36. The van der Waals surface area contributed by atoms with E-state index in [-0.39, 0.29) is 34.8 Å². The molecule has 31 heavy (non-hydrogen) atoms. The third-order valence-electron chi connectivity index (χ3n) is 4.81. The van der Waals surface area contributed by atoms with Gasteiger partial charge in [-0.3, -0.25) is 9.55 Å². The van der Waals surface area contributed by atoms with Crippen molar-refractivity contribution in [1.29, 1.82) is 0 Å². The van der Waals surface area contributed by atoms with Gasteiger partial charge in [0, 0.05) is 21.5 Å². The first-order chi connectivity index (χ1) is 14.6. The maximum atomic E-state index is 13.1. The van der Waals surface area contributed by atoms with Crippen molar-refractivity contribution in [1.82, 2.24) is 14.1 Å². The molecule has 4 rings (SSSR count). The number of hydrogen-bond acceptors (Lipinski definition) is 4. The summed E-state index contributed by atoms with van der Waals surface area (Å²) in [4.78, 5) is 17.3. The average Bonchev–Trinajstić information content (AvgIpc) is 2.91. The summed E-state index contributed by atoms with van der Waals surface area (Å²) in [5.41, 5.74) is -2.83. The summed E-state index contributed by atoms with van der Waals surface area (Å²) in [6, 6.07) is 12.3. The van der Waals surface area contributed by atoms with Crippen molar-refractivity contribution in [2.75, 3.05) is 0 Å². The number of hydrogen-bond donors (Lipinski definition) is 1. The normalized spacial score (nSPS) is 11.9. The minimum Gasteiger partial charge on any atom is -0.493 e. The lowest BCUT2D eigenvalue weighted by Gasteiger charge is -2.08. The molecule has 0 fully saturated rings. The van der Waals surface area contributed by atoms with Crippen LogP contribution in [0.2, 0.25) is 5.02 Å². The van der Waals surface area contributed by atoms with Crippen molar-refractivity contribution in [3.8, 4) is 11.6 Å². The van der Waals surface area contributed by atoms with Crippen molar-refractivity contribution >= 4 is 34.3 Å². The van der Waals surface area contributed by atoms with Gasteiger partial charge in [0.1, 0.15) is 0 Å². The molecule has 0 spiro atoms. The number of alkyl halides is 3. The molecule has 0 radical (unpaired) electrons. The number of aromatic hydroxyl groups is 1. The lowest BCUT2D eigenvalue weighted by molar-refractivity contribution is -0.0328. The number of aromatic nitrogens is 3. The molecule has 160 valence electrons. The van der Waals surface area contributed by atoms with E-state index in [1.165, 1.54) is 28.8 Å². The van der Waals surface area contributed by atoms with Crippen molar-refractivity contribution in [2.45, 2.75) is 23.9 Å². The Balaban J connectivity index is 1.73. The Labute approximate surface area is 183 Å². The molecule has 5 nitrogen and oxygen atoms in total. The van der Waals surface area contributed by atoms with Gasteiger partial charge < -0.3 is 5.11 Å². The van der Waals surface area contributed by atoms with Crippen LogP contribution in [0, 0.1) is 6.92 Å². The van der Waals surface area contributed by atoms with Crippen LogP contribution in [0.1, 0.15) is 11.3 Å². The molecule has 0 saturated heterocycles. The number of imidazole rings is 1. The van der Waals surface area contributed by atoms with Gasteiger partial charge in [0.2, 0.25) is 5.88 Å². The summed E-state index contributed by atoms with van der Waals surface area (Å²) in [5.74, 6) is -0.275. The zero-order valence-corrected chi connectivity index (χ0v) is 17.6. The minimum absolute atomic E-state index is 0.0122. The Morgan fingerprint density at radius 1 is 1.13 bits per heavy atom. The monoisotopic (exact) mass is 465 g/mol. The van der Waals surface area contributed by atoms with E-state index in [0.29, 0.717) is 16.2 Å². The van der Waals surface area contributed by atoms with E-state index in [0.717, 1.165) is 15.5 Å². The maximum absolute atomic E-state index is 13.1. The van der Waals surface area contributed by atoms with E-state index < -0.39 is 11.2 Å². The van der Waals surface area contributed by atoms with E-state index in [9.17, 15) is 23.1 Å². The number of nitrogens with zero attached hydrogens (tertiary/aromatic N) is 3. The summed E-state index contributed by atoms with van der Waals surface area (Å²) in [6.07, 6.45) is 1.61. The fourth-order valence-electron chi connectivity index (χ4n) is 3.34. The van der Waals surface area contributed by atoms with Gasteiger partial charge >= 0.3 is 11.2 Å². The zero-order chi connectivity index (χ0) is 22.3. The Bertz CT molecular complexity index is 1330. The summed E-state index contributed by atoms with van der Waals surface area (Å²) in [6.45, 7) is 1.77. The van der Waals surface area contributed by atoms with Gasteiger partial charge in [0.05, 0.1) is 23.4 Å². The summed E-state index contributed by atoms with van der Waals surface area (Å²) < 4.78 is 40.1. The number of benzene rings is 2. The van der Waals surface area contributed by atoms with E-state index in [2.05, 4.69) is 4.98 Å². The van der Waals surface area contributed by atoms with Crippen LogP contribution in [-0.2, 0) is 6.54 Å². The number of halogens is 4. The fraction of sp³-hybridized carbons (Fsp3) is 0.143. The van der Waals surface area contributed by atoms with E-state index in [1.54, 1.807) is 31.3 Å². The third kappa shape index (κ3) is 4.28.